The summed E-state index contributed by atoms with van der Waals surface area (Å²) in [6.07, 6.45) is 1.64. The number of piperidine rings is 1. The van der Waals surface area contributed by atoms with Gasteiger partial charge in [0.05, 0.1) is 0 Å². The Balaban J connectivity index is 2.19. The molecule has 6 heteroatoms. The van der Waals surface area contributed by atoms with E-state index in [-0.39, 0.29) is 19.6 Å². The van der Waals surface area contributed by atoms with Crippen molar-refractivity contribution in [1.29, 1.82) is 0 Å². The minimum Gasteiger partial charge on any atom is -0.459 e. The summed E-state index contributed by atoms with van der Waals surface area (Å²) in [6, 6.07) is 9.39. The Morgan fingerprint density at radius 1 is 1.19 bits per heavy atom. The van der Waals surface area contributed by atoms with Gasteiger partial charge in [-0.25, -0.2) is 9.59 Å². The van der Waals surface area contributed by atoms with Crippen LogP contribution in [0.4, 0.5) is 4.79 Å². The number of aliphatic hydroxyl groups excluding tert-OH is 1. The zero-order valence-corrected chi connectivity index (χ0v) is 15.9. The molecular formula is C20H29NO5. The smallest absolute Gasteiger partial charge is 0.411 e. The van der Waals surface area contributed by atoms with Gasteiger partial charge in [-0.2, -0.15) is 0 Å². The predicted molar refractivity (Wildman–Crippen MR) is 97.5 cm³/mol. The first-order chi connectivity index (χ1) is 12.3. The van der Waals surface area contributed by atoms with E-state index in [1.54, 1.807) is 20.8 Å². The molecular weight excluding hydrogens is 334 g/mol. The van der Waals surface area contributed by atoms with Gasteiger partial charge in [-0.15, -0.1) is 0 Å². The van der Waals surface area contributed by atoms with Crippen LogP contribution in [-0.4, -0.2) is 46.4 Å². The molecule has 0 bridgehead atoms. The van der Waals surface area contributed by atoms with E-state index in [1.165, 1.54) is 4.90 Å². The van der Waals surface area contributed by atoms with Crippen LogP contribution < -0.4 is 0 Å². The molecule has 1 heterocycles. The zero-order chi connectivity index (χ0) is 19.2. The Morgan fingerprint density at radius 3 is 2.50 bits per heavy atom. The number of hydrogen-bond donors (Lipinski definition) is 1. The van der Waals surface area contributed by atoms with E-state index >= 15 is 0 Å². The number of esters is 1. The summed E-state index contributed by atoms with van der Waals surface area (Å²) < 4.78 is 11.0. The van der Waals surface area contributed by atoms with Crippen LogP contribution in [-0.2, 0) is 20.9 Å². The summed E-state index contributed by atoms with van der Waals surface area (Å²) in [7, 11) is 0. The third kappa shape index (κ3) is 4.97. The van der Waals surface area contributed by atoms with Crippen LogP contribution in [0, 0.1) is 0 Å². The van der Waals surface area contributed by atoms with E-state index in [9.17, 15) is 14.7 Å². The average molecular weight is 363 g/mol. The molecule has 1 N–H and O–H groups in total. The van der Waals surface area contributed by atoms with Gasteiger partial charge in [0.2, 0.25) is 0 Å². The summed E-state index contributed by atoms with van der Waals surface area (Å²) in [6.45, 7) is 5.70. The van der Waals surface area contributed by atoms with E-state index in [0.29, 0.717) is 13.0 Å². The topological polar surface area (TPSA) is 76.1 Å². The van der Waals surface area contributed by atoms with Gasteiger partial charge in [0.25, 0.3) is 0 Å². The van der Waals surface area contributed by atoms with Gasteiger partial charge < -0.3 is 14.6 Å². The number of hydrogen-bond acceptors (Lipinski definition) is 5. The second-order valence-corrected chi connectivity index (χ2v) is 7.66. The van der Waals surface area contributed by atoms with Crippen molar-refractivity contribution in [1.82, 2.24) is 4.90 Å². The predicted octanol–water partition coefficient (Wildman–Crippen LogP) is 3.27. The molecule has 6 nitrogen and oxygen atoms in total. The van der Waals surface area contributed by atoms with E-state index < -0.39 is 23.2 Å². The highest BCUT2D eigenvalue weighted by Crippen LogP contribution is 2.34. The fourth-order valence-corrected chi connectivity index (χ4v) is 3.24. The molecule has 1 amide bonds. The first-order valence-corrected chi connectivity index (χ1v) is 9.11. The zero-order valence-electron chi connectivity index (χ0n) is 15.9. The number of benzene rings is 1. The molecule has 1 aliphatic rings. The molecule has 0 saturated carbocycles. The second kappa shape index (κ2) is 8.54. The maximum atomic E-state index is 13.0. The molecule has 0 radical (unpaired) electrons. The summed E-state index contributed by atoms with van der Waals surface area (Å²) in [5.74, 6) is -0.485. The Labute approximate surface area is 155 Å². The average Bonchev–Trinajstić information content (AvgIpc) is 2.59. The quantitative estimate of drug-likeness (QED) is 0.813. The fourth-order valence-electron chi connectivity index (χ4n) is 3.24. The number of ether oxygens (including phenoxy) is 2. The van der Waals surface area contributed by atoms with Gasteiger partial charge in [-0.05, 0) is 45.6 Å². The number of carbonyl (C=O) groups is 2. The van der Waals surface area contributed by atoms with Crippen molar-refractivity contribution < 1.29 is 24.2 Å². The van der Waals surface area contributed by atoms with Crippen LogP contribution in [0.2, 0.25) is 0 Å². The first kappa shape index (κ1) is 20.2. The third-order valence-electron chi connectivity index (χ3n) is 4.47. The molecule has 26 heavy (non-hydrogen) atoms. The lowest BCUT2D eigenvalue weighted by atomic mass is 9.84. The van der Waals surface area contributed by atoms with E-state index in [2.05, 4.69) is 0 Å². The minimum absolute atomic E-state index is 0.134. The van der Waals surface area contributed by atoms with Crippen molar-refractivity contribution in [3.8, 4) is 0 Å². The highest BCUT2D eigenvalue weighted by molar-refractivity contribution is 5.86. The van der Waals surface area contributed by atoms with Gasteiger partial charge in [-0.3, -0.25) is 4.90 Å². The number of aliphatic hydroxyl groups is 1. The molecule has 1 aromatic rings. The van der Waals surface area contributed by atoms with Crippen molar-refractivity contribution in [3.63, 3.8) is 0 Å². The molecule has 1 atom stereocenters. The Kier molecular flexibility index (Phi) is 6.64. The molecule has 1 unspecified atom stereocenters. The highest BCUT2D eigenvalue weighted by atomic mass is 16.6. The Hall–Kier alpha value is -2.08. The lowest BCUT2D eigenvalue weighted by molar-refractivity contribution is -0.163. The molecule has 0 aromatic heterocycles. The lowest BCUT2D eigenvalue weighted by Crippen LogP contribution is -2.61. The molecule has 144 valence electrons. The second-order valence-electron chi connectivity index (χ2n) is 7.66. The Morgan fingerprint density at radius 2 is 1.88 bits per heavy atom. The molecule has 0 aliphatic carbocycles. The summed E-state index contributed by atoms with van der Waals surface area (Å²) >= 11 is 0. The number of carbonyl (C=O) groups excluding carboxylic acids is 2. The lowest BCUT2D eigenvalue weighted by Gasteiger charge is -2.44. The normalized spacial score (nSPS) is 20.5. The number of amides is 1. The van der Waals surface area contributed by atoms with E-state index in [4.69, 9.17) is 9.47 Å². The van der Waals surface area contributed by atoms with Gasteiger partial charge in [0, 0.05) is 19.6 Å². The molecule has 1 fully saturated rings. The van der Waals surface area contributed by atoms with Gasteiger partial charge >= 0.3 is 12.1 Å². The largest absolute Gasteiger partial charge is 0.459 e. The van der Waals surface area contributed by atoms with Gasteiger partial charge in [-0.1, -0.05) is 30.3 Å². The third-order valence-corrected chi connectivity index (χ3v) is 4.47. The highest BCUT2D eigenvalue weighted by Gasteiger charge is 2.50. The first-order valence-electron chi connectivity index (χ1n) is 9.11. The number of nitrogens with zero attached hydrogens (tertiary/aromatic N) is 1. The summed E-state index contributed by atoms with van der Waals surface area (Å²) in [5, 5.41) is 9.56. The standard InChI is InChI=1S/C20H29NO5/c1-19(2,3)26-18(24)21-13-8-7-11-20(21,12-14-22)17(23)25-15-16-9-5-4-6-10-16/h4-6,9-10,22H,7-8,11-15H2,1-3H3. The number of likely N-dealkylation sites (tertiary alicyclic amines) is 1. The van der Waals surface area contributed by atoms with Crippen molar-refractivity contribution in [3.05, 3.63) is 35.9 Å². The summed E-state index contributed by atoms with van der Waals surface area (Å²) in [4.78, 5) is 27.1. The van der Waals surface area contributed by atoms with Gasteiger partial charge in [0.1, 0.15) is 17.7 Å². The van der Waals surface area contributed by atoms with Crippen LogP contribution in [0.1, 0.15) is 52.0 Å². The van der Waals surface area contributed by atoms with Crippen molar-refractivity contribution >= 4 is 12.1 Å². The van der Waals surface area contributed by atoms with E-state index in [1.807, 2.05) is 30.3 Å². The minimum atomic E-state index is -1.18. The maximum absolute atomic E-state index is 13.0. The monoisotopic (exact) mass is 363 g/mol. The van der Waals surface area contributed by atoms with Crippen LogP contribution in [0.25, 0.3) is 0 Å². The maximum Gasteiger partial charge on any atom is 0.411 e. The molecule has 2 rings (SSSR count). The Bertz CT molecular complexity index is 606. The fraction of sp³-hybridized carbons (Fsp3) is 0.600. The summed E-state index contributed by atoms with van der Waals surface area (Å²) in [5.41, 5.74) is -0.961. The van der Waals surface area contributed by atoms with Crippen molar-refractivity contribution in [2.24, 2.45) is 0 Å². The SMILES string of the molecule is CC(C)(C)OC(=O)N1CCCCC1(CCO)C(=O)OCc1ccccc1. The molecule has 0 spiro atoms. The number of rotatable bonds is 5. The van der Waals surface area contributed by atoms with Crippen LogP contribution in [0.15, 0.2) is 30.3 Å². The van der Waals surface area contributed by atoms with Crippen LogP contribution in [0.5, 0.6) is 0 Å². The molecule has 1 saturated heterocycles. The molecule has 1 aliphatic heterocycles. The van der Waals surface area contributed by atoms with Crippen LogP contribution in [0.3, 0.4) is 0 Å². The van der Waals surface area contributed by atoms with Crippen molar-refractivity contribution in [2.45, 2.75) is 64.2 Å². The van der Waals surface area contributed by atoms with Crippen LogP contribution >= 0.6 is 0 Å². The van der Waals surface area contributed by atoms with E-state index in [0.717, 1.165) is 18.4 Å². The van der Waals surface area contributed by atoms with Crippen molar-refractivity contribution in [2.75, 3.05) is 13.2 Å². The molecule has 1 aromatic carbocycles. The van der Waals surface area contributed by atoms with Gasteiger partial charge in [0.15, 0.2) is 0 Å².